The van der Waals surface area contributed by atoms with Gasteiger partial charge in [-0.05, 0) is 36.1 Å². The molecule has 2 heterocycles. The Kier molecular flexibility index (Phi) is 5.42. The maximum atomic E-state index is 12.3. The lowest BCUT2D eigenvalue weighted by Crippen LogP contribution is -2.29. The molecule has 0 unspecified atom stereocenters. The smallest absolute Gasteiger partial charge is 0.262 e. The molecule has 130 valence electrons. The van der Waals surface area contributed by atoms with E-state index < -0.39 is 0 Å². The van der Waals surface area contributed by atoms with Gasteiger partial charge in [-0.25, -0.2) is 4.98 Å². The van der Waals surface area contributed by atoms with Crippen LogP contribution in [0, 0.1) is 0 Å². The molecule has 3 aromatic rings. The monoisotopic (exact) mass is 395 g/mol. The lowest BCUT2D eigenvalue weighted by Gasteiger charge is -2.15. The second-order valence-corrected chi connectivity index (χ2v) is 7.30. The Morgan fingerprint density at radius 3 is 2.88 bits per heavy atom. The van der Waals surface area contributed by atoms with E-state index in [1.54, 1.807) is 18.2 Å². The van der Waals surface area contributed by atoms with Crippen LogP contribution in [-0.2, 0) is 11.3 Å². The predicted octanol–water partition coefficient (Wildman–Crippen LogP) is 4.03. The Bertz CT molecular complexity index is 983. The third-order valence-corrected chi connectivity index (χ3v) is 5.41. The van der Waals surface area contributed by atoms with Crippen LogP contribution in [0.1, 0.15) is 24.9 Å². The molecular weight excluding hydrogens is 381 g/mol. The van der Waals surface area contributed by atoms with Gasteiger partial charge in [0.25, 0.3) is 5.56 Å². The maximum absolute atomic E-state index is 12.3. The summed E-state index contributed by atoms with van der Waals surface area (Å²) in [6.45, 7) is 2.14. The maximum Gasteiger partial charge on any atom is 0.262 e. The van der Waals surface area contributed by atoms with Crippen molar-refractivity contribution in [1.29, 1.82) is 0 Å². The summed E-state index contributed by atoms with van der Waals surface area (Å²) in [5, 5.41) is 6.22. The van der Waals surface area contributed by atoms with Gasteiger partial charge in [0.15, 0.2) is 0 Å². The van der Waals surface area contributed by atoms with Gasteiger partial charge in [0.2, 0.25) is 5.91 Å². The number of aromatic nitrogens is 2. The van der Waals surface area contributed by atoms with Crippen LogP contribution in [0.4, 0.5) is 0 Å². The van der Waals surface area contributed by atoms with E-state index in [2.05, 4.69) is 10.3 Å². The van der Waals surface area contributed by atoms with Crippen molar-refractivity contribution in [3.05, 3.63) is 61.9 Å². The number of benzene rings is 1. The molecule has 0 aliphatic heterocycles. The lowest BCUT2D eigenvalue weighted by atomic mass is 10.1. The summed E-state index contributed by atoms with van der Waals surface area (Å²) >= 11 is 13.3. The zero-order chi connectivity index (χ0) is 18.0. The minimum absolute atomic E-state index is 0.128. The Labute approximate surface area is 158 Å². The van der Waals surface area contributed by atoms with Gasteiger partial charge in [0.1, 0.15) is 4.83 Å². The molecule has 1 amide bonds. The van der Waals surface area contributed by atoms with Gasteiger partial charge in [-0.1, -0.05) is 29.3 Å². The highest BCUT2D eigenvalue weighted by Gasteiger charge is 2.12. The molecule has 0 radical (unpaired) electrons. The van der Waals surface area contributed by atoms with E-state index in [0.29, 0.717) is 20.3 Å². The molecule has 2 aromatic heterocycles. The Balaban J connectivity index is 1.62. The number of nitrogens with one attached hydrogen (secondary N) is 1. The molecule has 1 N–H and O–H groups in total. The molecule has 8 heteroatoms. The highest BCUT2D eigenvalue weighted by atomic mass is 35.5. The number of fused-ring (bicyclic) bond motifs is 1. The average Bonchev–Trinajstić information content (AvgIpc) is 3.06. The number of rotatable bonds is 5. The van der Waals surface area contributed by atoms with Crippen LogP contribution in [0.5, 0.6) is 0 Å². The van der Waals surface area contributed by atoms with Crippen LogP contribution in [0.15, 0.2) is 40.8 Å². The highest BCUT2D eigenvalue weighted by molar-refractivity contribution is 7.16. The van der Waals surface area contributed by atoms with Crippen molar-refractivity contribution in [2.75, 3.05) is 0 Å². The van der Waals surface area contributed by atoms with Crippen LogP contribution in [0.3, 0.4) is 0 Å². The first-order valence-electron chi connectivity index (χ1n) is 7.62. The van der Waals surface area contributed by atoms with Crippen LogP contribution in [0.2, 0.25) is 10.0 Å². The molecule has 0 bridgehead atoms. The number of amides is 1. The fourth-order valence-electron chi connectivity index (χ4n) is 2.45. The Hall–Kier alpha value is -1.89. The van der Waals surface area contributed by atoms with E-state index in [4.69, 9.17) is 23.2 Å². The van der Waals surface area contributed by atoms with E-state index in [0.717, 1.165) is 5.56 Å². The largest absolute Gasteiger partial charge is 0.350 e. The van der Waals surface area contributed by atoms with Gasteiger partial charge >= 0.3 is 0 Å². The molecule has 5 nitrogen and oxygen atoms in total. The predicted molar refractivity (Wildman–Crippen MR) is 102 cm³/mol. The van der Waals surface area contributed by atoms with Crippen molar-refractivity contribution in [1.82, 2.24) is 14.9 Å². The number of nitrogens with zero attached hydrogens (tertiary/aromatic N) is 2. The van der Waals surface area contributed by atoms with Crippen molar-refractivity contribution < 1.29 is 4.79 Å². The summed E-state index contributed by atoms with van der Waals surface area (Å²) in [5.41, 5.74) is 0.734. The number of carbonyl (C=O) groups is 1. The second-order valence-electron chi connectivity index (χ2n) is 5.60. The minimum atomic E-state index is -0.212. The Morgan fingerprint density at radius 1 is 1.32 bits per heavy atom. The minimum Gasteiger partial charge on any atom is -0.350 e. The van der Waals surface area contributed by atoms with Gasteiger partial charge in [0, 0.05) is 13.0 Å². The molecule has 1 aromatic carbocycles. The third-order valence-electron chi connectivity index (χ3n) is 3.85. The first-order valence-corrected chi connectivity index (χ1v) is 9.26. The standard InChI is InChI=1S/C17H15Cl2N3O2S/c1-10(11-2-3-13(18)14(19)8-11)21-15(23)4-6-22-9-20-16-12(17(22)24)5-7-25-16/h2-3,5,7-10H,4,6H2,1H3,(H,21,23)/t10-/m1/s1. The summed E-state index contributed by atoms with van der Waals surface area (Å²) in [4.78, 5) is 29.4. The molecule has 0 saturated heterocycles. The molecule has 0 fully saturated rings. The lowest BCUT2D eigenvalue weighted by molar-refractivity contribution is -0.121. The van der Waals surface area contributed by atoms with E-state index in [-0.39, 0.29) is 30.5 Å². The molecule has 0 spiro atoms. The van der Waals surface area contributed by atoms with Crippen molar-refractivity contribution in [3.63, 3.8) is 0 Å². The fraction of sp³-hybridized carbons (Fsp3) is 0.235. The third kappa shape index (κ3) is 4.03. The summed E-state index contributed by atoms with van der Waals surface area (Å²) in [5.74, 6) is -0.157. The zero-order valence-electron chi connectivity index (χ0n) is 13.3. The van der Waals surface area contributed by atoms with Crippen LogP contribution >= 0.6 is 34.5 Å². The normalized spacial score (nSPS) is 12.3. The van der Waals surface area contributed by atoms with E-state index in [1.807, 2.05) is 18.4 Å². The SMILES string of the molecule is C[C@@H](NC(=O)CCn1cnc2sccc2c1=O)c1ccc(Cl)c(Cl)c1. The number of thiophene rings is 1. The van der Waals surface area contributed by atoms with E-state index in [9.17, 15) is 9.59 Å². The first kappa shape index (κ1) is 17.9. The molecule has 0 aliphatic rings. The van der Waals surface area contributed by atoms with Gasteiger partial charge in [-0.15, -0.1) is 11.3 Å². The quantitative estimate of drug-likeness (QED) is 0.708. The number of carbonyl (C=O) groups excluding carboxylic acids is 1. The molecule has 25 heavy (non-hydrogen) atoms. The van der Waals surface area contributed by atoms with Gasteiger partial charge in [0.05, 0.1) is 27.8 Å². The Morgan fingerprint density at radius 2 is 2.12 bits per heavy atom. The number of hydrogen-bond donors (Lipinski definition) is 1. The highest BCUT2D eigenvalue weighted by Crippen LogP contribution is 2.25. The number of aryl methyl sites for hydroxylation is 1. The first-order chi connectivity index (χ1) is 12.0. The molecule has 3 rings (SSSR count). The van der Waals surface area contributed by atoms with Gasteiger partial charge in [-0.3, -0.25) is 14.2 Å². The topological polar surface area (TPSA) is 64.0 Å². The van der Waals surface area contributed by atoms with Crippen molar-refractivity contribution in [3.8, 4) is 0 Å². The van der Waals surface area contributed by atoms with Crippen molar-refractivity contribution in [2.45, 2.75) is 25.9 Å². The van der Waals surface area contributed by atoms with Gasteiger partial charge < -0.3 is 5.32 Å². The van der Waals surface area contributed by atoms with Crippen LogP contribution < -0.4 is 10.9 Å². The molecule has 0 aliphatic carbocycles. The van der Waals surface area contributed by atoms with E-state index in [1.165, 1.54) is 22.2 Å². The van der Waals surface area contributed by atoms with Gasteiger partial charge in [-0.2, -0.15) is 0 Å². The zero-order valence-corrected chi connectivity index (χ0v) is 15.7. The van der Waals surface area contributed by atoms with Crippen LogP contribution in [-0.4, -0.2) is 15.5 Å². The average molecular weight is 396 g/mol. The fourth-order valence-corrected chi connectivity index (χ4v) is 3.48. The summed E-state index contributed by atoms with van der Waals surface area (Å²) < 4.78 is 1.46. The number of halogens is 2. The van der Waals surface area contributed by atoms with Crippen LogP contribution in [0.25, 0.3) is 10.2 Å². The summed E-state index contributed by atoms with van der Waals surface area (Å²) in [7, 11) is 0. The molecular formula is C17H15Cl2N3O2S. The van der Waals surface area contributed by atoms with Crippen molar-refractivity contribution >= 4 is 50.7 Å². The summed E-state index contributed by atoms with van der Waals surface area (Å²) in [6.07, 6.45) is 1.67. The summed E-state index contributed by atoms with van der Waals surface area (Å²) in [6, 6.07) is 6.78. The number of hydrogen-bond acceptors (Lipinski definition) is 4. The van der Waals surface area contributed by atoms with Crippen molar-refractivity contribution in [2.24, 2.45) is 0 Å². The molecule has 1 atom stereocenters. The molecule has 0 saturated carbocycles. The second kappa shape index (κ2) is 7.56. The van der Waals surface area contributed by atoms with E-state index >= 15 is 0 Å².